The summed E-state index contributed by atoms with van der Waals surface area (Å²) < 4.78 is 22.7. The molecule has 0 fully saturated rings. The predicted molar refractivity (Wildman–Crippen MR) is 102 cm³/mol. The highest BCUT2D eigenvalue weighted by molar-refractivity contribution is 5.77. The van der Waals surface area contributed by atoms with Crippen molar-refractivity contribution in [2.75, 3.05) is 33.4 Å². The molecule has 28 heavy (non-hydrogen) atoms. The Morgan fingerprint density at radius 1 is 1.21 bits per heavy atom. The Balaban J connectivity index is 1.55. The molecule has 1 aliphatic rings. The molecule has 0 saturated heterocycles. The topological polar surface area (TPSA) is 81.0 Å². The number of carbonyl (C=O) groups is 1. The molecule has 0 spiro atoms. The molecule has 2 aromatic rings. The van der Waals surface area contributed by atoms with Crippen molar-refractivity contribution in [1.82, 2.24) is 4.90 Å². The average molecular weight is 382 g/mol. The van der Waals surface area contributed by atoms with Crippen LogP contribution in [-0.2, 0) is 4.79 Å². The Bertz CT molecular complexity index is 877. The first-order valence-electron chi connectivity index (χ1n) is 9.03. The number of hydrogen-bond donors (Lipinski definition) is 0. The van der Waals surface area contributed by atoms with Gasteiger partial charge in [0, 0.05) is 13.1 Å². The standard InChI is InChI=1S/C21H22N2O5/c1-3-25-20-10-15(11-22)8-9-18(20)27-14-21(24)23(2)12-16-13-26-17-6-4-5-7-19(17)28-16/h4-10,16H,3,12-14H2,1-2H3. The van der Waals surface area contributed by atoms with E-state index in [1.807, 2.05) is 31.2 Å². The van der Waals surface area contributed by atoms with Gasteiger partial charge in [0.15, 0.2) is 35.7 Å². The van der Waals surface area contributed by atoms with Gasteiger partial charge in [0.05, 0.1) is 24.8 Å². The van der Waals surface area contributed by atoms with Crippen molar-refractivity contribution in [3.63, 3.8) is 0 Å². The summed E-state index contributed by atoms with van der Waals surface area (Å²) in [5, 5.41) is 9.00. The number of nitriles is 1. The lowest BCUT2D eigenvalue weighted by molar-refractivity contribution is -0.133. The van der Waals surface area contributed by atoms with Gasteiger partial charge in [-0.05, 0) is 31.2 Å². The van der Waals surface area contributed by atoms with Crippen LogP contribution in [0, 0.1) is 11.3 Å². The molecule has 1 atom stereocenters. The maximum atomic E-state index is 12.4. The van der Waals surface area contributed by atoms with E-state index in [4.69, 9.17) is 24.2 Å². The van der Waals surface area contributed by atoms with Gasteiger partial charge in [-0.3, -0.25) is 4.79 Å². The first-order valence-corrected chi connectivity index (χ1v) is 9.03. The fourth-order valence-electron chi connectivity index (χ4n) is 2.78. The quantitative estimate of drug-likeness (QED) is 0.732. The van der Waals surface area contributed by atoms with Gasteiger partial charge in [-0.2, -0.15) is 5.26 Å². The molecular formula is C21H22N2O5. The number of fused-ring (bicyclic) bond motifs is 1. The van der Waals surface area contributed by atoms with Crippen molar-refractivity contribution < 1.29 is 23.7 Å². The molecule has 0 saturated carbocycles. The summed E-state index contributed by atoms with van der Waals surface area (Å²) in [6.07, 6.45) is -0.252. The zero-order chi connectivity index (χ0) is 19.9. The Morgan fingerprint density at radius 2 is 2.00 bits per heavy atom. The van der Waals surface area contributed by atoms with Crippen molar-refractivity contribution >= 4 is 5.91 Å². The third-order valence-corrected chi connectivity index (χ3v) is 4.19. The lowest BCUT2D eigenvalue weighted by Gasteiger charge is -2.29. The minimum atomic E-state index is -0.252. The Morgan fingerprint density at radius 3 is 2.75 bits per heavy atom. The molecule has 0 radical (unpaired) electrons. The SMILES string of the molecule is CCOc1cc(C#N)ccc1OCC(=O)N(C)CC1COc2ccccc2O1. The minimum Gasteiger partial charge on any atom is -0.490 e. The molecule has 7 heteroatoms. The van der Waals surface area contributed by atoms with Crippen molar-refractivity contribution in [3.05, 3.63) is 48.0 Å². The van der Waals surface area contributed by atoms with Gasteiger partial charge in [0.2, 0.25) is 0 Å². The van der Waals surface area contributed by atoms with E-state index in [0.717, 1.165) is 0 Å². The van der Waals surface area contributed by atoms with Crippen molar-refractivity contribution in [1.29, 1.82) is 5.26 Å². The smallest absolute Gasteiger partial charge is 0.260 e. The number of nitrogens with zero attached hydrogens (tertiary/aromatic N) is 2. The van der Waals surface area contributed by atoms with Crippen molar-refractivity contribution in [2.45, 2.75) is 13.0 Å². The fraction of sp³-hybridized carbons (Fsp3) is 0.333. The maximum Gasteiger partial charge on any atom is 0.260 e. The third-order valence-electron chi connectivity index (χ3n) is 4.19. The summed E-state index contributed by atoms with van der Waals surface area (Å²) in [6.45, 7) is 2.88. The molecule has 3 rings (SSSR count). The van der Waals surface area contributed by atoms with Crippen LogP contribution < -0.4 is 18.9 Å². The Kier molecular flexibility index (Phi) is 6.22. The Hall–Kier alpha value is -3.40. The predicted octanol–water partition coefficient (Wildman–Crippen LogP) is 2.63. The zero-order valence-electron chi connectivity index (χ0n) is 15.9. The molecule has 0 aromatic heterocycles. The summed E-state index contributed by atoms with van der Waals surface area (Å²) in [6, 6.07) is 14.3. The van der Waals surface area contributed by atoms with Crippen molar-refractivity contribution in [2.24, 2.45) is 0 Å². The average Bonchev–Trinajstić information content (AvgIpc) is 2.72. The molecule has 1 unspecified atom stereocenters. The van der Waals surface area contributed by atoms with E-state index in [0.29, 0.717) is 48.3 Å². The molecule has 2 aromatic carbocycles. The normalized spacial score (nSPS) is 14.7. The number of carbonyl (C=O) groups excluding carboxylic acids is 1. The first kappa shape index (κ1) is 19.4. The molecule has 0 N–H and O–H groups in total. The number of para-hydroxylation sites is 2. The fourth-order valence-corrected chi connectivity index (χ4v) is 2.78. The van der Waals surface area contributed by atoms with Crippen LogP contribution in [0.2, 0.25) is 0 Å². The molecule has 146 valence electrons. The number of ether oxygens (including phenoxy) is 4. The van der Waals surface area contributed by atoms with Gasteiger partial charge in [-0.25, -0.2) is 0 Å². The minimum absolute atomic E-state index is 0.146. The molecule has 0 aliphatic carbocycles. The van der Waals surface area contributed by atoms with Gasteiger partial charge in [0.25, 0.3) is 5.91 Å². The highest BCUT2D eigenvalue weighted by atomic mass is 16.6. The lowest BCUT2D eigenvalue weighted by atomic mass is 10.2. The zero-order valence-corrected chi connectivity index (χ0v) is 15.9. The summed E-state index contributed by atoms with van der Waals surface area (Å²) >= 11 is 0. The monoisotopic (exact) mass is 382 g/mol. The molecular weight excluding hydrogens is 360 g/mol. The summed E-state index contributed by atoms with van der Waals surface area (Å²) in [5.74, 6) is 2.05. The second kappa shape index (κ2) is 9.00. The first-order chi connectivity index (χ1) is 13.6. The van der Waals surface area contributed by atoms with E-state index in [1.54, 1.807) is 30.1 Å². The number of benzene rings is 2. The van der Waals surface area contributed by atoms with E-state index in [1.165, 1.54) is 0 Å². The van der Waals surface area contributed by atoms with Crippen LogP contribution in [0.3, 0.4) is 0 Å². The van der Waals surface area contributed by atoms with E-state index in [2.05, 4.69) is 6.07 Å². The number of rotatable bonds is 7. The lowest BCUT2D eigenvalue weighted by Crippen LogP contribution is -2.43. The van der Waals surface area contributed by atoms with Crippen LogP contribution in [0.1, 0.15) is 12.5 Å². The molecule has 7 nitrogen and oxygen atoms in total. The number of amides is 1. The molecule has 1 aliphatic heterocycles. The van der Waals surface area contributed by atoms with Gasteiger partial charge in [-0.15, -0.1) is 0 Å². The largest absolute Gasteiger partial charge is 0.490 e. The third kappa shape index (κ3) is 4.65. The van der Waals surface area contributed by atoms with Crippen LogP contribution in [0.25, 0.3) is 0 Å². The van der Waals surface area contributed by atoms with E-state index in [9.17, 15) is 4.79 Å². The second-order valence-corrected chi connectivity index (χ2v) is 6.27. The molecule has 1 amide bonds. The molecule has 1 heterocycles. The van der Waals surface area contributed by atoms with E-state index in [-0.39, 0.29) is 18.6 Å². The summed E-state index contributed by atoms with van der Waals surface area (Å²) in [5.41, 5.74) is 0.467. The van der Waals surface area contributed by atoms with E-state index >= 15 is 0 Å². The van der Waals surface area contributed by atoms with Crippen LogP contribution in [-0.4, -0.2) is 50.3 Å². The van der Waals surface area contributed by atoms with Crippen LogP contribution in [0.15, 0.2) is 42.5 Å². The van der Waals surface area contributed by atoms with Gasteiger partial charge in [-0.1, -0.05) is 12.1 Å². The number of hydrogen-bond acceptors (Lipinski definition) is 6. The van der Waals surface area contributed by atoms with Crippen molar-refractivity contribution in [3.8, 4) is 29.1 Å². The maximum absolute atomic E-state index is 12.4. The molecule has 0 bridgehead atoms. The highest BCUT2D eigenvalue weighted by Gasteiger charge is 2.24. The summed E-state index contributed by atoms with van der Waals surface area (Å²) in [4.78, 5) is 14.0. The Labute approximate surface area is 164 Å². The number of likely N-dealkylation sites (N-methyl/N-ethyl adjacent to an activating group) is 1. The summed E-state index contributed by atoms with van der Waals surface area (Å²) in [7, 11) is 1.69. The van der Waals surface area contributed by atoms with Crippen LogP contribution >= 0.6 is 0 Å². The van der Waals surface area contributed by atoms with Crippen LogP contribution in [0.4, 0.5) is 0 Å². The van der Waals surface area contributed by atoms with Crippen LogP contribution in [0.5, 0.6) is 23.0 Å². The van der Waals surface area contributed by atoms with Gasteiger partial charge in [0.1, 0.15) is 6.61 Å². The van der Waals surface area contributed by atoms with E-state index < -0.39 is 0 Å². The van der Waals surface area contributed by atoms with Gasteiger partial charge < -0.3 is 23.8 Å². The second-order valence-electron chi connectivity index (χ2n) is 6.27. The highest BCUT2D eigenvalue weighted by Crippen LogP contribution is 2.31. The van der Waals surface area contributed by atoms with Gasteiger partial charge >= 0.3 is 0 Å².